The number of amidine groups is 1. The van der Waals surface area contributed by atoms with E-state index in [1.807, 2.05) is 23.8 Å². The maximum absolute atomic E-state index is 5.58. The Bertz CT molecular complexity index is 627. The number of imidazole rings is 1. The standard InChI is InChI=1S/C11H13N7O/c1-8-12-5-6-18(8)11(19-2)3-4-13-10(15-11)9-7-14-17-16-9/h3-7H,1-2H3,(H,13,15)(H,14,16,17). The fraction of sp³-hybridized carbons (Fsp3) is 0.273. The van der Waals surface area contributed by atoms with Crippen molar-refractivity contribution in [1.29, 1.82) is 0 Å². The third-order valence-corrected chi connectivity index (χ3v) is 2.92. The second-order valence-electron chi connectivity index (χ2n) is 4.00. The van der Waals surface area contributed by atoms with Crippen LogP contribution in [0.5, 0.6) is 0 Å². The van der Waals surface area contributed by atoms with E-state index in [0.29, 0.717) is 11.5 Å². The van der Waals surface area contributed by atoms with E-state index in [9.17, 15) is 0 Å². The predicted molar refractivity (Wildman–Crippen MR) is 67.1 cm³/mol. The maximum Gasteiger partial charge on any atom is 0.268 e. The van der Waals surface area contributed by atoms with Gasteiger partial charge in [-0.05, 0) is 6.92 Å². The van der Waals surface area contributed by atoms with Crippen LogP contribution in [0.3, 0.4) is 0 Å². The largest absolute Gasteiger partial charge is 0.345 e. The molecule has 0 amide bonds. The third kappa shape index (κ3) is 1.82. The van der Waals surface area contributed by atoms with Crippen molar-refractivity contribution in [3.8, 4) is 0 Å². The van der Waals surface area contributed by atoms with Gasteiger partial charge in [0.2, 0.25) is 0 Å². The van der Waals surface area contributed by atoms with Crippen molar-refractivity contribution >= 4 is 5.84 Å². The summed E-state index contributed by atoms with van der Waals surface area (Å²) in [6.45, 7) is 1.89. The number of nitrogens with zero attached hydrogens (tertiary/aromatic N) is 5. The molecule has 1 unspecified atom stereocenters. The zero-order valence-corrected chi connectivity index (χ0v) is 10.5. The van der Waals surface area contributed by atoms with Crippen LogP contribution in [-0.2, 0) is 10.6 Å². The SMILES string of the molecule is COC1(n2ccnc2C)C=CNC(c2cn[nH]n2)=N1. The van der Waals surface area contributed by atoms with Crippen LogP contribution in [0.4, 0.5) is 0 Å². The summed E-state index contributed by atoms with van der Waals surface area (Å²) in [5.41, 5.74) is 0.614. The Labute approximate surface area is 109 Å². The summed E-state index contributed by atoms with van der Waals surface area (Å²) in [7, 11) is 1.60. The zero-order chi connectivity index (χ0) is 13.3. The van der Waals surface area contributed by atoms with Crippen molar-refractivity contribution in [3.05, 3.63) is 42.4 Å². The number of aryl methyl sites for hydroxylation is 1. The van der Waals surface area contributed by atoms with Crippen LogP contribution in [-0.4, -0.2) is 37.9 Å². The monoisotopic (exact) mass is 259 g/mol. The van der Waals surface area contributed by atoms with Crippen LogP contribution in [0.2, 0.25) is 0 Å². The van der Waals surface area contributed by atoms with Gasteiger partial charge in [-0.25, -0.2) is 9.98 Å². The number of ether oxygens (including phenoxy) is 1. The Kier molecular flexibility index (Phi) is 2.64. The molecule has 3 rings (SSSR count). The molecule has 1 aliphatic heterocycles. The molecule has 98 valence electrons. The lowest BCUT2D eigenvalue weighted by atomic mass is 10.3. The molecule has 0 aromatic carbocycles. The molecule has 8 nitrogen and oxygen atoms in total. The van der Waals surface area contributed by atoms with Crippen LogP contribution in [0, 0.1) is 6.92 Å². The molecule has 0 saturated carbocycles. The van der Waals surface area contributed by atoms with Gasteiger partial charge in [0, 0.05) is 31.8 Å². The van der Waals surface area contributed by atoms with E-state index in [2.05, 4.69) is 30.7 Å². The van der Waals surface area contributed by atoms with Crippen molar-refractivity contribution in [2.24, 2.45) is 4.99 Å². The minimum Gasteiger partial charge on any atom is -0.345 e. The highest BCUT2D eigenvalue weighted by Crippen LogP contribution is 2.25. The molecule has 0 spiro atoms. The average Bonchev–Trinajstić information content (AvgIpc) is 3.10. The molecule has 1 aliphatic rings. The van der Waals surface area contributed by atoms with E-state index in [0.717, 1.165) is 5.82 Å². The van der Waals surface area contributed by atoms with Crippen LogP contribution >= 0.6 is 0 Å². The molecule has 0 aliphatic carbocycles. The molecule has 19 heavy (non-hydrogen) atoms. The van der Waals surface area contributed by atoms with Gasteiger partial charge in [-0.15, -0.1) is 0 Å². The summed E-state index contributed by atoms with van der Waals surface area (Å²) in [4.78, 5) is 8.77. The minimum atomic E-state index is -0.958. The quantitative estimate of drug-likeness (QED) is 0.817. The Morgan fingerprint density at radius 2 is 2.32 bits per heavy atom. The highest BCUT2D eigenvalue weighted by atomic mass is 16.5. The smallest absolute Gasteiger partial charge is 0.268 e. The van der Waals surface area contributed by atoms with Crippen molar-refractivity contribution in [3.63, 3.8) is 0 Å². The summed E-state index contributed by atoms with van der Waals surface area (Å²) < 4.78 is 7.42. The van der Waals surface area contributed by atoms with Gasteiger partial charge < -0.3 is 10.1 Å². The molecule has 0 fully saturated rings. The molecular formula is C11H13N7O. The molecule has 0 bridgehead atoms. The zero-order valence-electron chi connectivity index (χ0n) is 10.5. The van der Waals surface area contributed by atoms with Crippen LogP contribution < -0.4 is 5.32 Å². The number of hydrogen-bond acceptors (Lipinski definition) is 6. The van der Waals surface area contributed by atoms with Gasteiger partial charge >= 0.3 is 0 Å². The number of methoxy groups -OCH3 is 1. The molecule has 2 N–H and O–H groups in total. The van der Waals surface area contributed by atoms with Crippen molar-refractivity contribution in [1.82, 2.24) is 30.3 Å². The summed E-state index contributed by atoms with van der Waals surface area (Å²) >= 11 is 0. The highest BCUT2D eigenvalue weighted by Gasteiger charge is 2.33. The molecule has 8 heteroatoms. The predicted octanol–water partition coefficient (Wildman–Crippen LogP) is 0.130. The fourth-order valence-corrected chi connectivity index (χ4v) is 1.97. The van der Waals surface area contributed by atoms with E-state index < -0.39 is 5.85 Å². The van der Waals surface area contributed by atoms with Crippen LogP contribution in [0.15, 0.2) is 35.9 Å². The van der Waals surface area contributed by atoms with Crippen molar-refractivity contribution in [2.75, 3.05) is 7.11 Å². The van der Waals surface area contributed by atoms with Gasteiger partial charge in [-0.1, -0.05) is 0 Å². The van der Waals surface area contributed by atoms with Gasteiger partial charge in [0.05, 0.1) is 6.20 Å². The highest BCUT2D eigenvalue weighted by molar-refractivity contribution is 5.98. The number of H-pyrrole nitrogens is 1. The molecule has 0 saturated heterocycles. The van der Waals surface area contributed by atoms with Gasteiger partial charge in [0.15, 0.2) is 5.84 Å². The lowest BCUT2D eigenvalue weighted by Gasteiger charge is -2.30. The minimum absolute atomic E-state index is 0.575. The Balaban J connectivity index is 2.09. The topological polar surface area (TPSA) is 93.0 Å². The Morgan fingerprint density at radius 3 is 2.95 bits per heavy atom. The number of rotatable bonds is 3. The van der Waals surface area contributed by atoms with Crippen LogP contribution in [0.1, 0.15) is 11.5 Å². The Morgan fingerprint density at radius 1 is 1.42 bits per heavy atom. The first kappa shape index (κ1) is 11.6. The van der Waals surface area contributed by atoms with E-state index in [1.165, 1.54) is 0 Å². The molecule has 2 aromatic heterocycles. The number of hydrogen-bond donors (Lipinski definition) is 2. The first-order chi connectivity index (χ1) is 9.25. The molecular weight excluding hydrogens is 246 g/mol. The number of aromatic amines is 1. The van der Waals surface area contributed by atoms with Crippen LogP contribution in [0.25, 0.3) is 0 Å². The first-order valence-electron chi connectivity index (χ1n) is 5.71. The Hall–Kier alpha value is -2.48. The summed E-state index contributed by atoms with van der Waals surface area (Å²) in [6, 6.07) is 0. The summed E-state index contributed by atoms with van der Waals surface area (Å²) in [6.07, 6.45) is 8.69. The van der Waals surface area contributed by atoms with Crippen molar-refractivity contribution < 1.29 is 4.74 Å². The van der Waals surface area contributed by atoms with E-state index in [1.54, 1.807) is 25.7 Å². The van der Waals surface area contributed by atoms with Gasteiger partial charge in [-0.2, -0.15) is 15.4 Å². The number of nitrogens with one attached hydrogen (secondary N) is 2. The lowest BCUT2D eigenvalue weighted by Crippen LogP contribution is -2.39. The number of aliphatic imine (C=N–C) groups is 1. The van der Waals surface area contributed by atoms with E-state index in [4.69, 9.17) is 4.74 Å². The van der Waals surface area contributed by atoms with Gasteiger partial charge in [-0.3, -0.25) is 4.57 Å². The normalized spacial score (nSPS) is 22.1. The van der Waals surface area contributed by atoms with E-state index in [-0.39, 0.29) is 0 Å². The number of aromatic nitrogens is 5. The third-order valence-electron chi connectivity index (χ3n) is 2.92. The van der Waals surface area contributed by atoms with E-state index >= 15 is 0 Å². The van der Waals surface area contributed by atoms with Gasteiger partial charge in [0.1, 0.15) is 11.5 Å². The fourth-order valence-electron chi connectivity index (χ4n) is 1.97. The summed E-state index contributed by atoms with van der Waals surface area (Å²) in [5.74, 6) is 0.419. The first-order valence-corrected chi connectivity index (χ1v) is 5.71. The molecule has 3 heterocycles. The molecule has 0 radical (unpaired) electrons. The average molecular weight is 259 g/mol. The second kappa shape index (κ2) is 4.32. The molecule has 2 aromatic rings. The summed E-state index contributed by atoms with van der Waals surface area (Å²) in [5, 5.41) is 13.3. The second-order valence-corrected chi connectivity index (χ2v) is 4.00. The van der Waals surface area contributed by atoms with Crippen molar-refractivity contribution in [2.45, 2.75) is 12.8 Å². The molecule has 1 atom stereocenters. The lowest BCUT2D eigenvalue weighted by molar-refractivity contribution is -0.0295. The maximum atomic E-state index is 5.58. The van der Waals surface area contributed by atoms with Gasteiger partial charge in [0.25, 0.3) is 5.85 Å².